The third kappa shape index (κ3) is 8.50. The van der Waals surface area contributed by atoms with Crippen LogP contribution >= 0.6 is 0 Å². The van der Waals surface area contributed by atoms with E-state index in [4.69, 9.17) is 9.47 Å². The van der Waals surface area contributed by atoms with Crippen molar-refractivity contribution >= 4 is 16.7 Å². The molecule has 6 rings (SSSR count). The molecule has 39 heavy (non-hydrogen) atoms. The Morgan fingerprint density at radius 1 is 1.03 bits per heavy atom. The number of nitrogens with zero attached hydrogens (tertiary/aromatic N) is 2. The van der Waals surface area contributed by atoms with Crippen LogP contribution in [0.4, 0.5) is 0 Å². The first-order valence-corrected chi connectivity index (χ1v) is 13.9. The van der Waals surface area contributed by atoms with Gasteiger partial charge in [0.1, 0.15) is 11.5 Å². The number of aromatic amines is 1. The maximum atomic E-state index is 10.9. The molecule has 6 nitrogen and oxygen atoms in total. The Hall–Kier alpha value is -3.48. The Morgan fingerprint density at radius 2 is 1.74 bits per heavy atom. The van der Waals surface area contributed by atoms with Gasteiger partial charge in [-0.05, 0) is 49.6 Å². The predicted octanol–water partition coefficient (Wildman–Crippen LogP) is 6.69. The number of hydrogen-bond acceptors (Lipinski definition) is 5. The van der Waals surface area contributed by atoms with E-state index in [2.05, 4.69) is 64.5 Å². The summed E-state index contributed by atoms with van der Waals surface area (Å²) >= 11 is 0. The fourth-order valence-corrected chi connectivity index (χ4v) is 4.53. The molecule has 206 valence electrons. The molecule has 1 saturated heterocycles. The van der Waals surface area contributed by atoms with Crippen LogP contribution in [-0.2, 0) is 16.1 Å². The lowest BCUT2D eigenvalue weighted by atomic mass is 10.0. The van der Waals surface area contributed by atoms with Crippen molar-refractivity contribution in [3.8, 4) is 17.0 Å². The van der Waals surface area contributed by atoms with Gasteiger partial charge in [-0.3, -0.25) is 14.8 Å². The molecule has 2 heterocycles. The molecular weight excluding hydrogens is 486 g/mol. The highest BCUT2D eigenvalue weighted by Crippen LogP contribution is 2.32. The molecular formula is C33H41N3O3. The molecule has 6 heteroatoms. The lowest BCUT2D eigenvalue weighted by molar-refractivity contribution is -0.123. The summed E-state index contributed by atoms with van der Waals surface area (Å²) in [4.78, 5) is 13.3. The molecule has 0 spiro atoms. The number of H-pyrrole nitrogens is 1. The van der Waals surface area contributed by atoms with Gasteiger partial charge in [0.2, 0.25) is 0 Å². The maximum Gasteiger partial charge on any atom is 0.138 e. The van der Waals surface area contributed by atoms with Crippen molar-refractivity contribution in [2.45, 2.75) is 40.2 Å². The summed E-state index contributed by atoms with van der Waals surface area (Å²) in [5.74, 6) is 2.10. The van der Waals surface area contributed by atoms with Crippen molar-refractivity contribution in [2.75, 3.05) is 33.4 Å². The fraction of sp³-hybridized carbons (Fsp3) is 0.394. The Labute approximate surface area is 232 Å². The Bertz CT molecular complexity index is 1320. The molecule has 1 aliphatic heterocycles. The van der Waals surface area contributed by atoms with Crippen molar-refractivity contribution in [1.29, 1.82) is 0 Å². The number of methoxy groups -OCH3 is 1. The molecule has 0 radical (unpaired) electrons. The van der Waals surface area contributed by atoms with E-state index in [1.807, 2.05) is 44.2 Å². The summed E-state index contributed by atoms with van der Waals surface area (Å²) in [6, 6.07) is 24.9. The number of aryl methyl sites for hydroxylation is 1. The third-order valence-electron chi connectivity index (χ3n) is 6.99. The van der Waals surface area contributed by atoms with Crippen molar-refractivity contribution in [2.24, 2.45) is 11.8 Å². The minimum atomic E-state index is 0.266. The van der Waals surface area contributed by atoms with Gasteiger partial charge in [-0.1, -0.05) is 67.9 Å². The molecule has 1 aliphatic carbocycles. The van der Waals surface area contributed by atoms with Crippen LogP contribution in [-0.4, -0.2) is 54.3 Å². The molecule has 4 aromatic rings. The minimum Gasteiger partial charge on any atom is -0.497 e. The van der Waals surface area contributed by atoms with E-state index in [0.717, 1.165) is 62.6 Å². The van der Waals surface area contributed by atoms with E-state index in [0.29, 0.717) is 11.7 Å². The van der Waals surface area contributed by atoms with Crippen LogP contribution in [0.3, 0.4) is 0 Å². The van der Waals surface area contributed by atoms with Gasteiger partial charge in [0.05, 0.1) is 31.5 Å². The first-order valence-electron chi connectivity index (χ1n) is 13.9. The number of fused-ring (bicyclic) bond motifs is 1. The Balaban J connectivity index is 0.000000170. The lowest BCUT2D eigenvalue weighted by Crippen LogP contribution is -2.35. The smallest absolute Gasteiger partial charge is 0.138 e. The zero-order valence-electron chi connectivity index (χ0n) is 23.7. The molecule has 0 unspecified atom stereocenters. The van der Waals surface area contributed by atoms with E-state index in [1.165, 1.54) is 22.1 Å². The lowest BCUT2D eigenvalue weighted by Gasteiger charge is -2.26. The highest BCUT2D eigenvalue weighted by molar-refractivity contribution is 5.92. The summed E-state index contributed by atoms with van der Waals surface area (Å²) in [6.45, 7) is 10.7. The third-order valence-corrected chi connectivity index (χ3v) is 6.99. The van der Waals surface area contributed by atoms with E-state index in [1.54, 1.807) is 7.11 Å². The molecule has 1 aromatic heterocycles. The summed E-state index contributed by atoms with van der Waals surface area (Å²) in [5, 5.41) is 8.78. The second kappa shape index (κ2) is 14.1. The minimum absolute atomic E-state index is 0.266. The first kappa shape index (κ1) is 28.5. The second-order valence-corrected chi connectivity index (χ2v) is 10.6. The van der Waals surface area contributed by atoms with Gasteiger partial charge in [-0.15, -0.1) is 0 Å². The van der Waals surface area contributed by atoms with Crippen molar-refractivity contribution in [1.82, 2.24) is 15.1 Å². The van der Waals surface area contributed by atoms with Crippen LogP contribution in [0, 0.1) is 18.8 Å². The molecule has 0 amide bonds. The van der Waals surface area contributed by atoms with Crippen molar-refractivity contribution < 1.29 is 14.3 Å². The normalized spacial score (nSPS) is 15.2. The van der Waals surface area contributed by atoms with Crippen LogP contribution in [0.15, 0.2) is 72.8 Å². The molecule has 2 aliphatic rings. The summed E-state index contributed by atoms with van der Waals surface area (Å²) in [6.07, 6.45) is 2.30. The largest absolute Gasteiger partial charge is 0.497 e. The zero-order valence-corrected chi connectivity index (χ0v) is 23.7. The molecule has 3 aromatic carbocycles. The van der Waals surface area contributed by atoms with E-state index >= 15 is 0 Å². The molecule has 0 bridgehead atoms. The number of aromatic nitrogens is 2. The number of morpholine rings is 1. The Kier molecular flexibility index (Phi) is 10.3. The highest BCUT2D eigenvalue weighted by Gasteiger charge is 2.30. The maximum absolute atomic E-state index is 10.9. The van der Waals surface area contributed by atoms with E-state index < -0.39 is 0 Å². The number of carbonyl (C=O) groups excluding carboxylic acids is 1. The number of para-hydroxylation sites is 1. The summed E-state index contributed by atoms with van der Waals surface area (Å²) < 4.78 is 10.4. The SMILES string of the molecule is CC(C)C(=O)C1CC1.COc1ccc(C)cc1.c1cc(CN2CCOCC2)cc(-c2n[nH]c3ccccc23)c1. The predicted molar refractivity (Wildman–Crippen MR) is 158 cm³/mol. The van der Waals surface area contributed by atoms with Crippen LogP contribution in [0.1, 0.15) is 37.8 Å². The average molecular weight is 528 g/mol. The van der Waals surface area contributed by atoms with Gasteiger partial charge in [0.25, 0.3) is 0 Å². The molecule has 2 fully saturated rings. The average Bonchev–Trinajstić information content (AvgIpc) is 3.73. The van der Waals surface area contributed by atoms with Gasteiger partial charge in [-0.2, -0.15) is 5.10 Å². The number of carbonyl (C=O) groups is 1. The molecule has 0 atom stereocenters. The van der Waals surface area contributed by atoms with Crippen LogP contribution in [0.2, 0.25) is 0 Å². The zero-order chi connectivity index (χ0) is 27.6. The van der Waals surface area contributed by atoms with Gasteiger partial charge in [0, 0.05) is 42.4 Å². The highest BCUT2D eigenvalue weighted by atomic mass is 16.5. The standard InChI is InChI=1S/C18H19N3O.C8H10O.C7H12O/c1-2-7-17-16(6-1)18(20-19-17)15-5-3-4-14(12-15)13-21-8-10-22-11-9-21;1-7-3-5-8(9-2)6-4-7;1-5(2)7(8)6-3-4-6/h1-7,12H,8-11,13H2,(H,19,20);3-6H,1-2H3;5-6H,3-4H2,1-2H3. The number of rotatable bonds is 6. The Morgan fingerprint density at radius 3 is 2.38 bits per heavy atom. The number of Topliss-reactive ketones (excluding diaryl/α,β-unsaturated/α-hetero) is 1. The number of benzene rings is 3. The van der Waals surface area contributed by atoms with Gasteiger partial charge >= 0.3 is 0 Å². The van der Waals surface area contributed by atoms with Gasteiger partial charge in [0.15, 0.2) is 0 Å². The van der Waals surface area contributed by atoms with Gasteiger partial charge < -0.3 is 9.47 Å². The summed E-state index contributed by atoms with van der Waals surface area (Å²) in [7, 11) is 1.67. The summed E-state index contributed by atoms with van der Waals surface area (Å²) in [5.41, 5.74) is 5.86. The van der Waals surface area contributed by atoms with Gasteiger partial charge in [-0.25, -0.2) is 0 Å². The number of ketones is 1. The quantitative estimate of drug-likeness (QED) is 0.303. The molecule has 1 saturated carbocycles. The number of nitrogens with one attached hydrogen (secondary N) is 1. The van der Waals surface area contributed by atoms with E-state index in [-0.39, 0.29) is 5.92 Å². The second-order valence-electron chi connectivity index (χ2n) is 10.6. The first-order chi connectivity index (χ1) is 18.9. The van der Waals surface area contributed by atoms with Crippen LogP contribution in [0.5, 0.6) is 5.75 Å². The molecule has 1 N–H and O–H groups in total. The van der Waals surface area contributed by atoms with Crippen LogP contribution in [0.25, 0.3) is 22.2 Å². The monoisotopic (exact) mass is 527 g/mol. The number of hydrogen-bond donors (Lipinski definition) is 1. The number of ether oxygens (including phenoxy) is 2. The topological polar surface area (TPSA) is 67.4 Å². The van der Waals surface area contributed by atoms with Crippen molar-refractivity contribution in [3.05, 3.63) is 83.9 Å². The van der Waals surface area contributed by atoms with Crippen molar-refractivity contribution in [3.63, 3.8) is 0 Å². The fourth-order valence-electron chi connectivity index (χ4n) is 4.53. The van der Waals surface area contributed by atoms with E-state index in [9.17, 15) is 4.79 Å². The van der Waals surface area contributed by atoms with Crippen LogP contribution < -0.4 is 4.74 Å².